The first-order valence-corrected chi connectivity index (χ1v) is 9.23. The van der Waals surface area contributed by atoms with Gasteiger partial charge < -0.3 is 9.80 Å². The summed E-state index contributed by atoms with van der Waals surface area (Å²) in [5.41, 5.74) is 0.362. The van der Waals surface area contributed by atoms with Gasteiger partial charge >= 0.3 is 12.2 Å². The van der Waals surface area contributed by atoms with E-state index in [0.717, 1.165) is 30.6 Å². The largest absolute Gasteiger partial charge is 0.408 e. The topological polar surface area (TPSA) is 53.4 Å². The summed E-state index contributed by atoms with van der Waals surface area (Å²) >= 11 is 0. The van der Waals surface area contributed by atoms with E-state index in [1.54, 1.807) is 11.8 Å². The number of piperidine rings is 2. The van der Waals surface area contributed by atoms with Crippen molar-refractivity contribution in [3.63, 3.8) is 0 Å². The lowest BCUT2D eigenvalue weighted by atomic mass is 10.0. The molecule has 2 aliphatic heterocycles. The van der Waals surface area contributed by atoms with E-state index in [-0.39, 0.29) is 11.8 Å². The van der Waals surface area contributed by atoms with Crippen LogP contribution in [0.3, 0.4) is 0 Å². The van der Waals surface area contributed by atoms with E-state index in [1.807, 2.05) is 0 Å². The Morgan fingerprint density at radius 1 is 1.19 bits per heavy atom. The lowest BCUT2D eigenvalue weighted by Gasteiger charge is -2.40. The van der Waals surface area contributed by atoms with Crippen molar-refractivity contribution < 1.29 is 18.0 Å². The second kappa shape index (κ2) is 7.85. The minimum absolute atomic E-state index is 0.162. The number of carbonyl (C=O) groups is 1. The summed E-state index contributed by atoms with van der Waals surface area (Å²) in [4.78, 5) is 16.6. The van der Waals surface area contributed by atoms with Gasteiger partial charge in [-0.2, -0.15) is 18.3 Å². The van der Waals surface area contributed by atoms with Crippen molar-refractivity contribution in [2.45, 2.75) is 57.8 Å². The van der Waals surface area contributed by atoms with Gasteiger partial charge in [-0.25, -0.2) is 4.79 Å². The van der Waals surface area contributed by atoms with Crippen molar-refractivity contribution >= 4 is 11.8 Å². The Kier molecular flexibility index (Phi) is 5.74. The van der Waals surface area contributed by atoms with Crippen molar-refractivity contribution in [3.05, 3.63) is 11.8 Å². The molecule has 6 nitrogen and oxygen atoms in total. The maximum Gasteiger partial charge on any atom is 0.408 e. The monoisotopic (exact) mass is 373 g/mol. The molecule has 0 bridgehead atoms. The number of carbonyl (C=O) groups excluding carboxylic acids is 1. The molecule has 0 spiro atoms. The van der Waals surface area contributed by atoms with E-state index in [1.165, 1.54) is 25.3 Å². The van der Waals surface area contributed by atoms with Crippen LogP contribution >= 0.6 is 0 Å². The number of likely N-dealkylation sites (tertiary alicyclic amines) is 2. The fraction of sp³-hybridized carbons (Fsp3) is 0.765. The molecule has 0 saturated carbocycles. The van der Waals surface area contributed by atoms with Crippen molar-refractivity contribution in [1.29, 1.82) is 0 Å². The predicted octanol–water partition coefficient (Wildman–Crippen LogP) is 3.24. The van der Waals surface area contributed by atoms with E-state index < -0.39 is 12.7 Å². The number of hydrogen-bond donors (Lipinski definition) is 1. The van der Waals surface area contributed by atoms with Gasteiger partial charge in [-0.15, -0.1) is 0 Å². The molecule has 1 N–H and O–H groups in total. The molecule has 2 amide bonds. The summed E-state index contributed by atoms with van der Waals surface area (Å²) in [6.07, 6.45) is 1.34. The van der Waals surface area contributed by atoms with Crippen LogP contribution in [0, 0.1) is 6.92 Å². The molecule has 26 heavy (non-hydrogen) atoms. The van der Waals surface area contributed by atoms with Gasteiger partial charge in [0.2, 0.25) is 0 Å². The highest BCUT2D eigenvalue weighted by molar-refractivity contribution is 5.88. The third-order valence-corrected chi connectivity index (χ3v) is 5.20. The number of hydrogen-bond acceptors (Lipinski definition) is 3. The number of urea groups is 1. The summed E-state index contributed by atoms with van der Waals surface area (Å²) in [7, 11) is 0. The molecule has 3 rings (SSSR count). The summed E-state index contributed by atoms with van der Waals surface area (Å²) in [6, 6.07) is 1.70. The number of anilines is 1. The van der Waals surface area contributed by atoms with Crippen LogP contribution in [0.4, 0.5) is 23.8 Å². The van der Waals surface area contributed by atoms with Gasteiger partial charge in [0.05, 0.1) is 0 Å². The van der Waals surface area contributed by atoms with E-state index >= 15 is 0 Å². The fourth-order valence-electron chi connectivity index (χ4n) is 3.81. The standard InChI is InChI=1S/C17H26F3N5O/c1-13-11-15(22-25(13)12-17(18,19)20)21-16(26)24-9-5-14(6-10-24)23-7-3-2-4-8-23/h11,14H,2-10,12H2,1H3,(H,21,22,26). The fourth-order valence-corrected chi connectivity index (χ4v) is 3.81. The third-order valence-electron chi connectivity index (χ3n) is 5.20. The molecular weight excluding hydrogens is 347 g/mol. The first-order chi connectivity index (χ1) is 12.3. The molecule has 3 heterocycles. The number of nitrogens with zero attached hydrogens (tertiary/aromatic N) is 4. The van der Waals surface area contributed by atoms with E-state index in [4.69, 9.17) is 0 Å². The van der Waals surface area contributed by atoms with Gasteiger partial charge in [0.1, 0.15) is 6.54 Å². The highest BCUT2D eigenvalue weighted by Gasteiger charge is 2.30. The Morgan fingerprint density at radius 2 is 1.85 bits per heavy atom. The first kappa shape index (κ1) is 19.0. The van der Waals surface area contributed by atoms with Crippen molar-refractivity contribution in [1.82, 2.24) is 19.6 Å². The SMILES string of the molecule is Cc1cc(NC(=O)N2CCC(N3CCCCC3)CC2)nn1CC(F)(F)F. The second-order valence-corrected chi connectivity index (χ2v) is 7.19. The van der Waals surface area contributed by atoms with Crippen LogP contribution in [0.2, 0.25) is 0 Å². The molecule has 0 aliphatic carbocycles. The maximum absolute atomic E-state index is 12.5. The van der Waals surface area contributed by atoms with Gasteiger partial charge in [0.15, 0.2) is 5.82 Å². The highest BCUT2D eigenvalue weighted by Crippen LogP contribution is 2.22. The zero-order chi connectivity index (χ0) is 18.7. The Labute approximate surface area is 151 Å². The number of amides is 2. The average Bonchev–Trinajstić information content (AvgIpc) is 2.93. The quantitative estimate of drug-likeness (QED) is 0.885. The van der Waals surface area contributed by atoms with Crippen LogP contribution < -0.4 is 5.32 Å². The Balaban J connectivity index is 1.50. The highest BCUT2D eigenvalue weighted by atomic mass is 19.4. The molecule has 146 valence electrons. The number of aromatic nitrogens is 2. The molecule has 0 unspecified atom stereocenters. The number of aryl methyl sites for hydroxylation is 1. The van der Waals surface area contributed by atoms with Gasteiger partial charge in [-0.3, -0.25) is 10.00 Å². The zero-order valence-electron chi connectivity index (χ0n) is 15.1. The van der Waals surface area contributed by atoms with Crippen LogP contribution in [0.1, 0.15) is 37.8 Å². The number of nitrogens with one attached hydrogen (secondary N) is 1. The average molecular weight is 373 g/mol. The van der Waals surface area contributed by atoms with Gasteiger partial charge in [-0.1, -0.05) is 6.42 Å². The number of halogens is 3. The first-order valence-electron chi connectivity index (χ1n) is 9.23. The molecule has 2 fully saturated rings. The predicted molar refractivity (Wildman–Crippen MR) is 92.1 cm³/mol. The molecule has 2 aliphatic rings. The third kappa shape index (κ3) is 4.90. The summed E-state index contributed by atoms with van der Waals surface area (Å²) in [5.74, 6) is 0.162. The van der Waals surface area contributed by atoms with Crippen LogP contribution in [-0.4, -0.2) is 64.0 Å². The van der Waals surface area contributed by atoms with Crippen LogP contribution in [0.15, 0.2) is 6.07 Å². The zero-order valence-corrected chi connectivity index (χ0v) is 15.1. The lowest BCUT2D eigenvalue weighted by molar-refractivity contribution is -0.142. The van der Waals surface area contributed by atoms with E-state index in [9.17, 15) is 18.0 Å². The molecule has 0 radical (unpaired) electrons. The van der Waals surface area contributed by atoms with Gasteiger partial charge in [0.25, 0.3) is 0 Å². The van der Waals surface area contributed by atoms with E-state index in [2.05, 4.69) is 15.3 Å². The van der Waals surface area contributed by atoms with Crippen molar-refractivity contribution in [2.24, 2.45) is 0 Å². The number of rotatable bonds is 3. The molecule has 0 aromatic carbocycles. The van der Waals surface area contributed by atoms with Gasteiger partial charge in [0, 0.05) is 30.9 Å². The normalized spacial score (nSPS) is 20.4. The summed E-state index contributed by atoms with van der Waals surface area (Å²) in [6.45, 7) is 4.00. The molecule has 0 atom stereocenters. The van der Waals surface area contributed by atoms with Crippen LogP contribution in [0.5, 0.6) is 0 Å². The summed E-state index contributed by atoms with van der Waals surface area (Å²) in [5, 5.41) is 6.48. The van der Waals surface area contributed by atoms with Crippen LogP contribution in [0.25, 0.3) is 0 Å². The van der Waals surface area contributed by atoms with Crippen molar-refractivity contribution in [3.8, 4) is 0 Å². The molecular formula is C17H26F3N5O. The number of alkyl halides is 3. The van der Waals surface area contributed by atoms with Crippen molar-refractivity contribution in [2.75, 3.05) is 31.5 Å². The molecule has 1 aromatic rings. The van der Waals surface area contributed by atoms with Crippen LogP contribution in [-0.2, 0) is 6.54 Å². The smallest absolute Gasteiger partial charge is 0.324 e. The Hall–Kier alpha value is -1.77. The van der Waals surface area contributed by atoms with E-state index in [0.29, 0.717) is 24.8 Å². The lowest BCUT2D eigenvalue weighted by Crippen LogP contribution is -2.49. The minimum Gasteiger partial charge on any atom is -0.324 e. The minimum atomic E-state index is -4.34. The Morgan fingerprint density at radius 3 is 2.46 bits per heavy atom. The molecule has 9 heteroatoms. The van der Waals surface area contributed by atoms with Gasteiger partial charge in [-0.05, 0) is 45.7 Å². The molecule has 1 aromatic heterocycles. The second-order valence-electron chi connectivity index (χ2n) is 7.19. The molecule has 2 saturated heterocycles. The Bertz CT molecular complexity index is 616. The maximum atomic E-state index is 12.5. The summed E-state index contributed by atoms with van der Waals surface area (Å²) < 4.78 is 38.4.